The van der Waals surface area contributed by atoms with E-state index in [0.717, 1.165) is 22.3 Å². The molecule has 1 aliphatic rings. The molecule has 7 nitrogen and oxygen atoms in total. The van der Waals surface area contributed by atoms with Crippen molar-refractivity contribution in [1.82, 2.24) is 4.57 Å². The molecule has 9 heteroatoms. The maximum absolute atomic E-state index is 13.9. The summed E-state index contributed by atoms with van der Waals surface area (Å²) in [7, 11) is 1.35. The van der Waals surface area contributed by atoms with E-state index in [2.05, 4.69) is 22.0 Å². The summed E-state index contributed by atoms with van der Waals surface area (Å²) in [5, 5.41) is 0. The van der Waals surface area contributed by atoms with Crippen LogP contribution < -0.4 is 24.4 Å². The van der Waals surface area contributed by atoms with Gasteiger partial charge in [0.05, 0.1) is 40.0 Å². The van der Waals surface area contributed by atoms with Gasteiger partial charge in [0.25, 0.3) is 5.56 Å². The van der Waals surface area contributed by atoms with Crippen molar-refractivity contribution in [1.29, 1.82) is 0 Å². The minimum atomic E-state index is -0.643. The third-order valence-electron chi connectivity index (χ3n) is 6.86. The molecular formula is C33H31BrN2O5S. The smallest absolute Gasteiger partial charge is 0.338 e. The fraction of sp³-hybridized carbons (Fsp3) is 0.242. The molecule has 1 aromatic heterocycles. The Morgan fingerprint density at radius 2 is 1.86 bits per heavy atom. The maximum atomic E-state index is 13.9. The Balaban J connectivity index is 1.60. The number of methoxy groups -OCH3 is 1. The van der Waals surface area contributed by atoms with Crippen molar-refractivity contribution in [3.05, 3.63) is 124 Å². The zero-order chi connectivity index (χ0) is 29.8. The van der Waals surface area contributed by atoms with Gasteiger partial charge in [-0.1, -0.05) is 78.4 Å². The molecule has 3 aromatic carbocycles. The van der Waals surface area contributed by atoms with Gasteiger partial charge in [-0.15, -0.1) is 0 Å². The van der Waals surface area contributed by atoms with Crippen LogP contribution in [0.2, 0.25) is 0 Å². The predicted molar refractivity (Wildman–Crippen MR) is 168 cm³/mol. The number of esters is 1. The van der Waals surface area contributed by atoms with E-state index in [9.17, 15) is 9.59 Å². The quantitative estimate of drug-likeness (QED) is 0.213. The lowest BCUT2D eigenvalue weighted by Crippen LogP contribution is -2.40. The highest BCUT2D eigenvalue weighted by Gasteiger charge is 2.33. The van der Waals surface area contributed by atoms with Crippen molar-refractivity contribution < 1.29 is 19.0 Å². The molecule has 216 valence electrons. The molecule has 0 aliphatic carbocycles. The van der Waals surface area contributed by atoms with Crippen molar-refractivity contribution in [2.24, 2.45) is 4.99 Å². The number of hydrogen-bond acceptors (Lipinski definition) is 7. The van der Waals surface area contributed by atoms with Crippen LogP contribution in [0.1, 0.15) is 48.6 Å². The van der Waals surface area contributed by atoms with Gasteiger partial charge in [0.15, 0.2) is 16.3 Å². The number of aryl methyl sites for hydroxylation is 1. The largest absolute Gasteiger partial charge is 0.490 e. The van der Waals surface area contributed by atoms with E-state index >= 15 is 0 Å². The Morgan fingerprint density at radius 1 is 1.07 bits per heavy atom. The molecule has 1 atom stereocenters. The Hall–Kier alpha value is -3.95. The summed E-state index contributed by atoms with van der Waals surface area (Å²) < 4.78 is 20.0. The van der Waals surface area contributed by atoms with E-state index in [0.29, 0.717) is 56.2 Å². The van der Waals surface area contributed by atoms with Gasteiger partial charge in [0.1, 0.15) is 6.61 Å². The van der Waals surface area contributed by atoms with Crippen LogP contribution >= 0.6 is 27.3 Å². The lowest BCUT2D eigenvalue weighted by Gasteiger charge is -2.25. The molecule has 42 heavy (non-hydrogen) atoms. The topological polar surface area (TPSA) is 79.1 Å². The monoisotopic (exact) mass is 646 g/mol. The highest BCUT2D eigenvalue weighted by Crippen LogP contribution is 2.38. The van der Waals surface area contributed by atoms with Gasteiger partial charge in [0.2, 0.25) is 0 Å². The van der Waals surface area contributed by atoms with Crippen LogP contribution in [0.25, 0.3) is 6.08 Å². The maximum Gasteiger partial charge on any atom is 0.338 e. The minimum Gasteiger partial charge on any atom is -0.490 e. The summed E-state index contributed by atoms with van der Waals surface area (Å²) >= 11 is 4.94. The van der Waals surface area contributed by atoms with Gasteiger partial charge in [-0.3, -0.25) is 9.36 Å². The Labute approximate surface area is 256 Å². The van der Waals surface area contributed by atoms with E-state index in [4.69, 9.17) is 19.2 Å². The average molecular weight is 648 g/mol. The van der Waals surface area contributed by atoms with Crippen LogP contribution in [0, 0.1) is 6.92 Å². The third kappa shape index (κ3) is 5.98. The summed E-state index contributed by atoms with van der Waals surface area (Å²) in [5.41, 5.74) is 4.54. The SMILES string of the molecule is CCOc1cc(/C=c2\sc3n(c2=O)[C@H](c2ccccc2)C(C(=O)OC)=C(CC)N=3)cc(Br)c1OCc1cccc(C)c1. The fourth-order valence-corrected chi connectivity index (χ4v) is 6.59. The lowest BCUT2D eigenvalue weighted by atomic mass is 9.95. The standard InChI is InChI=1S/C33H31BrN2O5S/c1-5-25-28(32(38)39-4)29(23-13-8-7-9-14-23)36-31(37)27(42-33(36)35-25)18-22-16-24(34)30(26(17-22)40-6-2)41-19-21-12-10-11-20(3)15-21/h7-18,29H,5-6,19H2,1-4H3/b27-18-/t29-/m1/s1. The van der Waals surface area contributed by atoms with Gasteiger partial charge in [-0.05, 0) is 71.1 Å². The van der Waals surface area contributed by atoms with Crippen LogP contribution in [0.4, 0.5) is 0 Å². The van der Waals surface area contributed by atoms with Gasteiger partial charge in [0, 0.05) is 0 Å². The highest BCUT2D eigenvalue weighted by molar-refractivity contribution is 9.10. The van der Waals surface area contributed by atoms with Gasteiger partial charge >= 0.3 is 5.97 Å². The van der Waals surface area contributed by atoms with Crippen molar-refractivity contribution in [2.45, 2.75) is 39.8 Å². The number of aromatic nitrogens is 1. The summed E-state index contributed by atoms with van der Waals surface area (Å²) in [6.45, 7) is 6.74. The normalized spacial score (nSPS) is 14.8. The number of ether oxygens (including phenoxy) is 3. The number of halogens is 1. The summed E-state index contributed by atoms with van der Waals surface area (Å²) in [6, 6.07) is 20.8. The first-order chi connectivity index (χ1) is 20.3. The van der Waals surface area contributed by atoms with E-state index in [1.54, 1.807) is 4.57 Å². The van der Waals surface area contributed by atoms with Crippen LogP contribution in [-0.2, 0) is 16.1 Å². The lowest BCUT2D eigenvalue weighted by molar-refractivity contribution is -0.136. The number of allylic oxidation sites excluding steroid dienone is 1. The Bertz CT molecular complexity index is 1840. The molecule has 0 bridgehead atoms. The van der Waals surface area contributed by atoms with Gasteiger partial charge in [-0.2, -0.15) is 0 Å². The number of benzene rings is 3. The van der Waals surface area contributed by atoms with Crippen molar-refractivity contribution >= 4 is 39.3 Å². The molecule has 0 saturated carbocycles. The number of nitrogens with zero attached hydrogens (tertiary/aromatic N) is 2. The molecule has 0 amide bonds. The predicted octanol–water partition coefficient (Wildman–Crippen LogP) is 5.85. The Kier molecular flexibility index (Phi) is 9.09. The molecule has 0 spiro atoms. The molecule has 0 unspecified atom stereocenters. The van der Waals surface area contributed by atoms with Crippen molar-refractivity contribution in [3.8, 4) is 11.5 Å². The summed E-state index contributed by atoms with van der Waals surface area (Å²) in [4.78, 5) is 32.2. The molecule has 0 saturated heterocycles. The van der Waals surface area contributed by atoms with E-state index in [-0.39, 0.29) is 5.56 Å². The molecule has 0 radical (unpaired) electrons. The molecule has 0 fully saturated rings. The second-order valence-electron chi connectivity index (χ2n) is 9.74. The number of thiazole rings is 1. The van der Waals surface area contributed by atoms with Crippen LogP contribution in [-0.4, -0.2) is 24.3 Å². The first-order valence-corrected chi connectivity index (χ1v) is 15.3. The second kappa shape index (κ2) is 12.9. The molecule has 5 rings (SSSR count). The molecular weight excluding hydrogens is 616 g/mol. The van der Waals surface area contributed by atoms with Crippen molar-refractivity contribution in [3.63, 3.8) is 0 Å². The molecule has 1 aliphatic heterocycles. The summed E-state index contributed by atoms with van der Waals surface area (Å²) in [6.07, 6.45) is 2.34. The number of carbonyl (C=O) groups excluding carboxylic acids is 1. The third-order valence-corrected chi connectivity index (χ3v) is 8.43. The van der Waals surface area contributed by atoms with Crippen LogP contribution in [0.5, 0.6) is 11.5 Å². The number of hydrogen-bond donors (Lipinski definition) is 0. The zero-order valence-electron chi connectivity index (χ0n) is 23.8. The van der Waals surface area contributed by atoms with E-state index in [1.165, 1.54) is 18.4 Å². The minimum absolute atomic E-state index is 0.238. The molecule has 2 heterocycles. The average Bonchev–Trinajstić information content (AvgIpc) is 3.30. The van der Waals surface area contributed by atoms with Crippen LogP contribution in [0.3, 0.4) is 0 Å². The second-order valence-corrected chi connectivity index (χ2v) is 11.6. The van der Waals surface area contributed by atoms with Gasteiger partial charge < -0.3 is 14.2 Å². The highest BCUT2D eigenvalue weighted by atomic mass is 79.9. The zero-order valence-corrected chi connectivity index (χ0v) is 26.3. The van der Waals surface area contributed by atoms with Gasteiger partial charge in [-0.25, -0.2) is 9.79 Å². The summed E-state index contributed by atoms with van der Waals surface area (Å²) in [5.74, 6) is 0.670. The fourth-order valence-electron chi connectivity index (χ4n) is 5.00. The number of carbonyl (C=O) groups is 1. The van der Waals surface area contributed by atoms with E-state index < -0.39 is 12.0 Å². The first-order valence-electron chi connectivity index (χ1n) is 13.7. The molecule has 4 aromatic rings. The molecule has 0 N–H and O–H groups in total. The first kappa shape index (κ1) is 29.5. The number of rotatable bonds is 9. The van der Waals surface area contributed by atoms with Crippen LogP contribution in [0.15, 0.2) is 92.3 Å². The van der Waals surface area contributed by atoms with E-state index in [1.807, 2.05) is 87.5 Å². The number of fused-ring (bicyclic) bond motifs is 1. The van der Waals surface area contributed by atoms with Crippen molar-refractivity contribution in [2.75, 3.05) is 13.7 Å². The Morgan fingerprint density at radius 3 is 2.55 bits per heavy atom.